The SMILES string of the molecule is O=C(CN1CCCC(CO)C1)NCC1CC1. The minimum atomic E-state index is 0.144. The second-order valence-electron chi connectivity index (χ2n) is 5.17. The lowest BCUT2D eigenvalue weighted by Crippen LogP contribution is -2.43. The van der Waals surface area contributed by atoms with Gasteiger partial charge in [0, 0.05) is 19.7 Å². The smallest absolute Gasteiger partial charge is 0.234 e. The van der Waals surface area contributed by atoms with Crippen LogP contribution in [0.25, 0.3) is 0 Å². The average Bonchev–Trinajstić information content (AvgIpc) is 3.10. The van der Waals surface area contributed by atoms with E-state index >= 15 is 0 Å². The summed E-state index contributed by atoms with van der Waals surface area (Å²) >= 11 is 0. The highest BCUT2D eigenvalue weighted by molar-refractivity contribution is 5.78. The normalized spacial score (nSPS) is 26.7. The van der Waals surface area contributed by atoms with Crippen LogP contribution in [0.2, 0.25) is 0 Å². The van der Waals surface area contributed by atoms with Crippen LogP contribution in [0.1, 0.15) is 25.7 Å². The number of carbonyl (C=O) groups is 1. The second kappa shape index (κ2) is 5.64. The Balaban J connectivity index is 1.64. The molecule has 2 aliphatic rings. The van der Waals surface area contributed by atoms with E-state index < -0.39 is 0 Å². The fourth-order valence-corrected chi connectivity index (χ4v) is 2.28. The zero-order chi connectivity index (χ0) is 11.4. The number of hydrogen-bond donors (Lipinski definition) is 2. The van der Waals surface area contributed by atoms with Gasteiger partial charge in [0.15, 0.2) is 0 Å². The largest absolute Gasteiger partial charge is 0.396 e. The first-order chi connectivity index (χ1) is 7.78. The van der Waals surface area contributed by atoms with E-state index in [1.165, 1.54) is 12.8 Å². The van der Waals surface area contributed by atoms with E-state index in [0.29, 0.717) is 12.5 Å². The van der Waals surface area contributed by atoms with Crippen molar-refractivity contribution in [3.63, 3.8) is 0 Å². The van der Waals surface area contributed by atoms with Crippen LogP contribution in [0.4, 0.5) is 0 Å². The Morgan fingerprint density at radius 3 is 2.81 bits per heavy atom. The molecule has 0 aromatic rings. The predicted octanol–water partition coefficient (Wildman–Crippen LogP) is 0.217. The van der Waals surface area contributed by atoms with Crippen molar-refractivity contribution in [3.05, 3.63) is 0 Å². The summed E-state index contributed by atoms with van der Waals surface area (Å²) in [5, 5.41) is 12.1. The van der Waals surface area contributed by atoms with E-state index in [4.69, 9.17) is 5.11 Å². The Morgan fingerprint density at radius 1 is 1.31 bits per heavy atom. The Hall–Kier alpha value is -0.610. The van der Waals surface area contributed by atoms with E-state index in [0.717, 1.165) is 38.4 Å². The zero-order valence-corrected chi connectivity index (χ0v) is 9.82. The minimum absolute atomic E-state index is 0.144. The van der Waals surface area contributed by atoms with E-state index in [2.05, 4.69) is 10.2 Å². The van der Waals surface area contributed by atoms with Crippen LogP contribution >= 0.6 is 0 Å². The van der Waals surface area contributed by atoms with Crippen molar-refractivity contribution >= 4 is 5.91 Å². The first-order valence-electron chi connectivity index (χ1n) is 6.38. The Kier molecular flexibility index (Phi) is 4.18. The summed E-state index contributed by atoms with van der Waals surface area (Å²) in [6.07, 6.45) is 4.74. The Morgan fingerprint density at radius 2 is 2.12 bits per heavy atom. The molecule has 1 saturated carbocycles. The summed E-state index contributed by atoms with van der Waals surface area (Å²) in [7, 11) is 0. The molecule has 4 heteroatoms. The molecule has 0 bridgehead atoms. The lowest BCUT2D eigenvalue weighted by Gasteiger charge is -2.31. The first kappa shape index (κ1) is 11.9. The van der Waals surface area contributed by atoms with Crippen molar-refractivity contribution in [1.82, 2.24) is 10.2 Å². The van der Waals surface area contributed by atoms with Gasteiger partial charge in [-0.05, 0) is 44.1 Å². The van der Waals surface area contributed by atoms with Crippen LogP contribution in [0.3, 0.4) is 0 Å². The molecule has 1 amide bonds. The van der Waals surface area contributed by atoms with Crippen LogP contribution in [0.5, 0.6) is 0 Å². The molecular weight excluding hydrogens is 204 g/mol. The van der Waals surface area contributed by atoms with Gasteiger partial charge in [-0.15, -0.1) is 0 Å². The third-order valence-electron chi connectivity index (χ3n) is 3.51. The van der Waals surface area contributed by atoms with Gasteiger partial charge in [0.05, 0.1) is 6.54 Å². The third-order valence-corrected chi connectivity index (χ3v) is 3.51. The predicted molar refractivity (Wildman–Crippen MR) is 62.0 cm³/mol. The van der Waals surface area contributed by atoms with Gasteiger partial charge in [0.1, 0.15) is 0 Å². The van der Waals surface area contributed by atoms with Gasteiger partial charge >= 0.3 is 0 Å². The lowest BCUT2D eigenvalue weighted by molar-refractivity contribution is -0.122. The van der Waals surface area contributed by atoms with Gasteiger partial charge in [0.2, 0.25) is 5.91 Å². The molecule has 16 heavy (non-hydrogen) atoms. The summed E-state index contributed by atoms with van der Waals surface area (Å²) < 4.78 is 0. The number of nitrogens with zero attached hydrogens (tertiary/aromatic N) is 1. The van der Waals surface area contributed by atoms with E-state index in [1.807, 2.05) is 0 Å². The van der Waals surface area contributed by atoms with Crippen LogP contribution in [0.15, 0.2) is 0 Å². The molecular formula is C12H22N2O2. The van der Waals surface area contributed by atoms with Gasteiger partial charge in [-0.25, -0.2) is 0 Å². The van der Waals surface area contributed by atoms with Crippen molar-refractivity contribution < 1.29 is 9.90 Å². The summed E-state index contributed by atoms with van der Waals surface area (Å²) in [6.45, 7) is 3.47. The topological polar surface area (TPSA) is 52.6 Å². The molecule has 2 N–H and O–H groups in total. The summed E-state index contributed by atoms with van der Waals surface area (Å²) in [4.78, 5) is 13.8. The lowest BCUT2D eigenvalue weighted by atomic mass is 9.99. The van der Waals surface area contributed by atoms with Gasteiger partial charge in [-0.1, -0.05) is 0 Å². The van der Waals surface area contributed by atoms with Gasteiger partial charge < -0.3 is 10.4 Å². The number of amides is 1. The Labute approximate surface area is 97.0 Å². The fourth-order valence-electron chi connectivity index (χ4n) is 2.28. The molecule has 0 spiro atoms. The molecule has 4 nitrogen and oxygen atoms in total. The first-order valence-corrected chi connectivity index (χ1v) is 6.38. The molecule has 1 aliphatic carbocycles. The third kappa shape index (κ3) is 3.76. The number of nitrogens with one attached hydrogen (secondary N) is 1. The fraction of sp³-hybridized carbons (Fsp3) is 0.917. The van der Waals surface area contributed by atoms with Crippen LogP contribution in [-0.4, -0.2) is 48.7 Å². The maximum absolute atomic E-state index is 11.6. The second-order valence-corrected chi connectivity index (χ2v) is 5.17. The maximum Gasteiger partial charge on any atom is 0.234 e. The molecule has 1 aliphatic heterocycles. The molecule has 1 atom stereocenters. The Bertz CT molecular complexity index is 241. The highest BCUT2D eigenvalue weighted by Crippen LogP contribution is 2.27. The average molecular weight is 226 g/mol. The summed E-state index contributed by atoms with van der Waals surface area (Å²) in [6, 6.07) is 0. The number of hydrogen-bond acceptors (Lipinski definition) is 3. The molecule has 0 radical (unpaired) electrons. The molecule has 92 valence electrons. The quantitative estimate of drug-likeness (QED) is 0.705. The number of aliphatic hydroxyl groups is 1. The van der Waals surface area contributed by atoms with E-state index in [9.17, 15) is 4.79 Å². The van der Waals surface area contributed by atoms with Crippen LogP contribution in [-0.2, 0) is 4.79 Å². The highest BCUT2D eigenvalue weighted by Gasteiger charge is 2.23. The van der Waals surface area contributed by atoms with E-state index in [-0.39, 0.29) is 12.5 Å². The number of likely N-dealkylation sites (tertiary alicyclic amines) is 1. The highest BCUT2D eigenvalue weighted by atomic mass is 16.3. The van der Waals surface area contributed by atoms with Crippen LogP contribution in [0, 0.1) is 11.8 Å². The van der Waals surface area contributed by atoms with Crippen molar-refractivity contribution in [2.24, 2.45) is 11.8 Å². The van der Waals surface area contributed by atoms with Gasteiger partial charge in [0.25, 0.3) is 0 Å². The molecule has 2 fully saturated rings. The molecule has 0 aromatic carbocycles. The number of aliphatic hydroxyl groups excluding tert-OH is 1. The van der Waals surface area contributed by atoms with E-state index in [1.54, 1.807) is 0 Å². The molecule has 1 saturated heterocycles. The van der Waals surface area contributed by atoms with Crippen molar-refractivity contribution in [2.45, 2.75) is 25.7 Å². The van der Waals surface area contributed by atoms with Crippen LogP contribution < -0.4 is 5.32 Å². The molecule has 0 aromatic heterocycles. The monoisotopic (exact) mass is 226 g/mol. The summed E-state index contributed by atoms with van der Waals surface area (Å²) in [5.74, 6) is 1.26. The van der Waals surface area contributed by atoms with Crippen molar-refractivity contribution in [2.75, 3.05) is 32.8 Å². The zero-order valence-electron chi connectivity index (χ0n) is 9.82. The maximum atomic E-state index is 11.6. The number of piperidine rings is 1. The standard InChI is InChI=1S/C12H22N2O2/c15-9-11-2-1-5-14(7-11)8-12(16)13-6-10-3-4-10/h10-11,15H,1-9H2,(H,13,16). The number of rotatable bonds is 5. The minimum Gasteiger partial charge on any atom is -0.396 e. The number of carbonyl (C=O) groups excluding carboxylic acids is 1. The van der Waals surface area contributed by atoms with Crippen molar-refractivity contribution in [3.8, 4) is 0 Å². The summed E-state index contributed by atoms with van der Waals surface area (Å²) in [5.41, 5.74) is 0. The van der Waals surface area contributed by atoms with Gasteiger partial charge in [-0.3, -0.25) is 9.69 Å². The molecule has 2 rings (SSSR count). The molecule has 1 heterocycles. The van der Waals surface area contributed by atoms with Gasteiger partial charge in [-0.2, -0.15) is 0 Å². The van der Waals surface area contributed by atoms with Crippen molar-refractivity contribution in [1.29, 1.82) is 0 Å². The molecule has 1 unspecified atom stereocenters.